The van der Waals surface area contributed by atoms with Gasteiger partial charge in [0.1, 0.15) is 0 Å². The third kappa shape index (κ3) is 13.9. The van der Waals surface area contributed by atoms with E-state index in [1.54, 1.807) is 0 Å². The van der Waals surface area contributed by atoms with Gasteiger partial charge in [0.15, 0.2) is 0 Å². The summed E-state index contributed by atoms with van der Waals surface area (Å²) in [4.78, 5) is 0. The Hall–Kier alpha value is -2.13. The molecule has 0 amide bonds. The van der Waals surface area contributed by atoms with Gasteiger partial charge in [-0.05, 0) is 0 Å². The summed E-state index contributed by atoms with van der Waals surface area (Å²) >= 11 is -1.83. The summed E-state index contributed by atoms with van der Waals surface area (Å²) in [6.07, 6.45) is 0. The monoisotopic (exact) mass is 590 g/mol. The maximum atomic E-state index is 7.50. The van der Waals surface area contributed by atoms with Crippen LogP contribution in [0.4, 0.5) is 0 Å². The summed E-state index contributed by atoms with van der Waals surface area (Å²) in [5.41, 5.74) is 0. The Kier molecular flexibility index (Phi) is 34.2. The van der Waals surface area contributed by atoms with Crippen molar-refractivity contribution in [2.24, 2.45) is 0 Å². The molecule has 0 radical (unpaired) electrons. The molecule has 7 heteroatoms. The first-order valence-corrected chi connectivity index (χ1v) is 11.3. The zero-order chi connectivity index (χ0) is 22.9. The second kappa shape index (κ2) is 29.1. The second-order valence-electron chi connectivity index (χ2n) is 4.34. The van der Waals surface area contributed by atoms with Crippen LogP contribution >= 0.6 is 0 Å². The zero-order valence-electron chi connectivity index (χ0n) is 15.6. The van der Waals surface area contributed by atoms with Gasteiger partial charge < -0.3 is 0 Å². The van der Waals surface area contributed by atoms with Crippen LogP contribution in [0.5, 0.6) is 0 Å². The Morgan fingerprint density at radius 2 is 0.533 bits per heavy atom. The standard InChI is InChI=1S/3C6H5.5CO.Mo.Sb/c3*1-2-4-6-5-3-1;5*1-2;;/h3*1-5H;;;;;;;. The molecule has 3 rings (SSSR count). The molecule has 3 aromatic carbocycles. The quantitative estimate of drug-likeness (QED) is 0.254. The molecule has 30 heavy (non-hydrogen) atoms. The van der Waals surface area contributed by atoms with Crippen LogP contribution in [0.2, 0.25) is 0 Å². The Balaban J connectivity index is -0.000000271. The molecular weight excluding hydrogens is 574 g/mol. The topological polar surface area (TPSA) is 99.5 Å². The normalized spacial score (nSPS) is 7.03. The van der Waals surface area contributed by atoms with E-state index < -0.39 is 20.2 Å². The molecule has 148 valence electrons. The summed E-state index contributed by atoms with van der Waals surface area (Å²) < 4.78 is 42.0. The van der Waals surface area contributed by atoms with E-state index in [-0.39, 0.29) is 21.1 Å². The molecule has 0 spiro atoms. The van der Waals surface area contributed by atoms with Crippen molar-refractivity contribution in [3.8, 4) is 0 Å². The SMILES string of the molecule is [C-]#[O+].[C-]#[O+].[C-]#[O+].[C-]#[O+].[C-]#[O+].[Mo].c1cc[c]([Sb]([c]2ccccc2)[c]2ccccc2)cc1. The predicted octanol–water partition coefficient (Wildman–Crippen LogP) is 2.01. The second-order valence-corrected chi connectivity index (χ2v) is 10.7. The molecule has 0 unspecified atom stereocenters. The van der Waals surface area contributed by atoms with Gasteiger partial charge in [0.25, 0.3) is 0 Å². The number of hydrogen-bond acceptors (Lipinski definition) is 0. The molecule has 0 N–H and O–H groups in total. The zero-order valence-corrected chi connectivity index (χ0v) is 20.1. The molecule has 0 saturated carbocycles. The average molecular weight is 589 g/mol. The van der Waals surface area contributed by atoms with Gasteiger partial charge in [-0.2, -0.15) is 0 Å². The van der Waals surface area contributed by atoms with Crippen molar-refractivity contribution < 1.29 is 44.3 Å². The fourth-order valence-electron chi connectivity index (χ4n) is 2.18. The minimum atomic E-state index is -1.83. The van der Waals surface area contributed by atoms with E-state index in [4.69, 9.17) is 23.3 Å². The van der Waals surface area contributed by atoms with Crippen molar-refractivity contribution in [3.05, 3.63) is 124 Å². The third-order valence-corrected chi connectivity index (χ3v) is 10.0. The molecule has 0 saturated heterocycles. The van der Waals surface area contributed by atoms with Crippen LogP contribution in [-0.2, 0) is 44.3 Å². The van der Waals surface area contributed by atoms with Gasteiger partial charge in [0.05, 0.1) is 0 Å². The Bertz CT molecular complexity index is 716. The van der Waals surface area contributed by atoms with Crippen molar-refractivity contribution in [2.45, 2.75) is 0 Å². The summed E-state index contributed by atoms with van der Waals surface area (Å²) in [5, 5.41) is 0. The average Bonchev–Trinajstić information content (AvgIpc) is 2.88. The molecule has 0 atom stereocenters. The van der Waals surface area contributed by atoms with Gasteiger partial charge in [-0.1, -0.05) is 0 Å². The van der Waals surface area contributed by atoms with E-state index in [1.807, 2.05) is 0 Å². The van der Waals surface area contributed by atoms with Crippen LogP contribution in [-0.4, -0.2) is 20.2 Å². The van der Waals surface area contributed by atoms with Gasteiger partial charge in [0.2, 0.25) is 0 Å². The summed E-state index contributed by atoms with van der Waals surface area (Å²) in [7, 11) is 0. The molecule has 3 aromatic rings. The van der Waals surface area contributed by atoms with Crippen molar-refractivity contribution in [2.75, 3.05) is 0 Å². The Labute approximate surface area is 198 Å². The predicted molar refractivity (Wildman–Crippen MR) is 104 cm³/mol. The molecule has 0 bridgehead atoms. The fraction of sp³-hybridized carbons (Fsp3) is 0. The van der Waals surface area contributed by atoms with Crippen molar-refractivity contribution >= 4 is 30.7 Å². The van der Waals surface area contributed by atoms with Crippen LogP contribution in [0.1, 0.15) is 0 Å². The molecule has 5 nitrogen and oxygen atoms in total. The van der Waals surface area contributed by atoms with E-state index in [2.05, 4.69) is 124 Å². The molecule has 0 aliphatic heterocycles. The van der Waals surface area contributed by atoms with Crippen molar-refractivity contribution in [1.82, 2.24) is 0 Å². The van der Waals surface area contributed by atoms with Gasteiger partial charge >= 0.3 is 178 Å². The number of benzene rings is 3. The molecule has 0 aromatic heterocycles. The van der Waals surface area contributed by atoms with E-state index in [0.717, 1.165) is 0 Å². The van der Waals surface area contributed by atoms with Crippen LogP contribution < -0.4 is 10.5 Å². The van der Waals surface area contributed by atoms with Crippen LogP contribution in [0.25, 0.3) is 0 Å². The number of hydrogen-bond donors (Lipinski definition) is 0. The van der Waals surface area contributed by atoms with E-state index in [9.17, 15) is 0 Å². The first kappa shape index (κ1) is 35.3. The number of rotatable bonds is 3. The summed E-state index contributed by atoms with van der Waals surface area (Å²) in [5.74, 6) is 0. The molecule has 0 heterocycles. The molecular formula is C23H15MoO5Sb. The van der Waals surface area contributed by atoms with Gasteiger partial charge in [-0.25, -0.2) is 0 Å². The van der Waals surface area contributed by atoms with Gasteiger partial charge in [-0.3, -0.25) is 0 Å². The fourth-order valence-corrected chi connectivity index (χ4v) is 8.76. The first-order valence-electron chi connectivity index (χ1n) is 7.42. The molecule has 0 fully saturated rings. The van der Waals surface area contributed by atoms with Crippen molar-refractivity contribution in [1.29, 1.82) is 0 Å². The van der Waals surface area contributed by atoms with Crippen molar-refractivity contribution in [3.63, 3.8) is 0 Å². The molecule has 0 aliphatic rings. The summed E-state index contributed by atoms with van der Waals surface area (Å²) in [6, 6.07) is 32.9. The van der Waals surface area contributed by atoms with Crippen LogP contribution in [0.3, 0.4) is 0 Å². The third-order valence-electron chi connectivity index (χ3n) is 3.04. The first-order chi connectivity index (χ1) is 14.4. The van der Waals surface area contributed by atoms with Crippen LogP contribution in [0.15, 0.2) is 91.0 Å². The van der Waals surface area contributed by atoms with Gasteiger partial charge in [-0.15, -0.1) is 0 Å². The van der Waals surface area contributed by atoms with E-state index in [0.29, 0.717) is 0 Å². The maximum absolute atomic E-state index is 7.50. The van der Waals surface area contributed by atoms with E-state index in [1.165, 1.54) is 10.5 Å². The Morgan fingerprint density at radius 1 is 0.367 bits per heavy atom. The minimum absolute atomic E-state index is 0. The Morgan fingerprint density at radius 3 is 0.700 bits per heavy atom. The molecule has 0 aliphatic carbocycles. The van der Waals surface area contributed by atoms with E-state index >= 15 is 0 Å². The van der Waals surface area contributed by atoms with Crippen LogP contribution in [0, 0.1) is 33.3 Å². The van der Waals surface area contributed by atoms with Gasteiger partial charge in [0, 0.05) is 21.1 Å². The summed E-state index contributed by atoms with van der Waals surface area (Å²) in [6.45, 7) is 22.5.